The topological polar surface area (TPSA) is 85.9 Å². The average molecular weight is 494 g/mol. The zero-order valence-electron chi connectivity index (χ0n) is 22.2. The number of likely N-dealkylation sites (N-methyl/N-ethyl adjacent to an activating group) is 1. The van der Waals surface area contributed by atoms with Crippen molar-refractivity contribution in [2.45, 2.75) is 58.0 Å². The molecule has 0 spiro atoms. The second-order valence-electron chi connectivity index (χ2n) is 10.3. The van der Waals surface area contributed by atoms with Crippen molar-refractivity contribution in [2.24, 2.45) is 0 Å². The van der Waals surface area contributed by atoms with E-state index in [2.05, 4.69) is 33.8 Å². The first kappa shape index (κ1) is 25.8. The van der Waals surface area contributed by atoms with Crippen LogP contribution in [0, 0.1) is 13.8 Å². The van der Waals surface area contributed by atoms with E-state index in [4.69, 9.17) is 4.74 Å². The predicted octanol–water partition coefficient (Wildman–Crippen LogP) is 4.97. The van der Waals surface area contributed by atoms with Crippen molar-refractivity contribution in [1.29, 1.82) is 0 Å². The van der Waals surface area contributed by atoms with Crippen LogP contribution in [-0.4, -0.2) is 61.6 Å². The molecule has 0 saturated heterocycles. The lowest BCUT2D eigenvalue weighted by Crippen LogP contribution is -2.61. The number of hydrogen-bond acceptors (Lipinski definition) is 5. The highest BCUT2D eigenvalue weighted by atomic mass is 16.5. The maximum absolute atomic E-state index is 13.8. The monoisotopic (exact) mass is 493 g/mol. The lowest BCUT2D eigenvalue weighted by atomic mass is 9.78. The first-order valence-corrected chi connectivity index (χ1v) is 12.8. The quantitative estimate of drug-likeness (QED) is 0.483. The second-order valence-corrected chi connectivity index (χ2v) is 10.3. The van der Waals surface area contributed by atoms with E-state index in [1.807, 2.05) is 45.3 Å². The highest BCUT2D eigenvalue weighted by molar-refractivity contribution is 6.03. The fraction of sp³-hybridized carbons (Fsp3) is 0.500. The molecule has 0 bridgehead atoms. The molecular formula is C28H39N5O3. The third-order valence-corrected chi connectivity index (χ3v) is 7.44. The zero-order chi connectivity index (χ0) is 25.9. The number of amides is 3. The Kier molecular flexibility index (Phi) is 7.73. The molecule has 4 rings (SSSR count). The van der Waals surface area contributed by atoms with Crippen molar-refractivity contribution >= 4 is 29.0 Å². The first-order chi connectivity index (χ1) is 17.2. The van der Waals surface area contributed by atoms with Crippen LogP contribution in [0.1, 0.15) is 48.8 Å². The summed E-state index contributed by atoms with van der Waals surface area (Å²) in [5, 5.41) is 9.65. The molecule has 3 N–H and O–H groups in total. The molecule has 1 aliphatic carbocycles. The van der Waals surface area contributed by atoms with Gasteiger partial charge in [0.1, 0.15) is 11.3 Å². The number of nitrogens with zero attached hydrogens (tertiary/aromatic N) is 2. The van der Waals surface area contributed by atoms with E-state index in [9.17, 15) is 9.59 Å². The third kappa shape index (κ3) is 5.28. The molecule has 0 unspecified atom stereocenters. The van der Waals surface area contributed by atoms with Gasteiger partial charge >= 0.3 is 6.03 Å². The van der Waals surface area contributed by atoms with Gasteiger partial charge in [-0.05, 0) is 87.8 Å². The van der Waals surface area contributed by atoms with Crippen molar-refractivity contribution in [1.82, 2.24) is 9.80 Å². The van der Waals surface area contributed by atoms with Gasteiger partial charge < -0.3 is 30.5 Å². The molecule has 2 aromatic carbocycles. The largest absolute Gasteiger partial charge is 0.496 e. The molecule has 1 saturated carbocycles. The van der Waals surface area contributed by atoms with Gasteiger partial charge in [-0.25, -0.2) is 4.79 Å². The highest BCUT2D eigenvalue weighted by Crippen LogP contribution is 2.40. The normalized spacial score (nSPS) is 16.8. The van der Waals surface area contributed by atoms with Crippen LogP contribution in [0.2, 0.25) is 0 Å². The number of fused-ring (bicyclic) bond motifs is 1. The van der Waals surface area contributed by atoms with Gasteiger partial charge in [-0.15, -0.1) is 0 Å². The number of rotatable bonds is 8. The Bertz CT molecular complexity index is 1120. The molecule has 0 atom stereocenters. The number of benzene rings is 2. The summed E-state index contributed by atoms with van der Waals surface area (Å²) in [4.78, 5) is 31.2. The molecule has 1 fully saturated rings. The van der Waals surface area contributed by atoms with Crippen molar-refractivity contribution in [2.75, 3.05) is 50.2 Å². The van der Waals surface area contributed by atoms with E-state index in [0.717, 1.165) is 66.2 Å². The minimum Gasteiger partial charge on any atom is -0.496 e. The molecule has 3 amide bonds. The number of nitrogens with one attached hydrogen (secondary N) is 3. The van der Waals surface area contributed by atoms with Crippen LogP contribution in [0.3, 0.4) is 0 Å². The van der Waals surface area contributed by atoms with Crippen molar-refractivity contribution in [3.8, 4) is 5.75 Å². The summed E-state index contributed by atoms with van der Waals surface area (Å²) in [5.41, 5.74) is 4.74. The third-order valence-electron chi connectivity index (χ3n) is 7.44. The number of carbonyl (C=O) groups excluding carboxylic acids is 2. The highest BCUT2D eigenvalue weighted by Gasteiger charge is 2.48. The number of methoxy groups -OCH3 is 1. The summed E-state index contributed by atoms with van der Waals surface area (Å²) in [5.74, 6) is 0.656. The van der Waals surface area contributed by atoms with E-state index in [-0.39, 0.29) is 11.9 Å². The van der Waals surface area contributed by atoms with Gasteiger partial charge in [-0.1, -0.05) is 19.3 Å². The smallest absolute Gasteiger partial charge is 0.323 e. The van der Waals surface area contributed by atoms with E-state index in [1.165, 1.54) is 0 Å². The molecule has 0 aromatic heterocycles. The van der Waals surface area contributed by atoms with Crippen molar-refractivity contribution in [3.05, 3.63) is 47.0 Å². The average Bonchev–Trinajstić information content (AvgIpc) is 2.84. The maximum Gasteiger partial charge on any atom is 0.323 e. The molecule has 8 nitrogen and oxygen atoms in total. The summed E-state index contributed by atoms with van der Waals surface area (Å²) in [6, 6.07) is 9.53. The maximum atomic E-state index is 13.8. The van der Waals surface area contributed by atoms with Gasteiger partial charge in [0, 0.05) is 30.2 Å². The van der Waals surface area contributed by atoms with Crippen LogP contribution >= 0.6 is 0 Å². The van der Waals surface area contributed by atoms with Gasteiger partial charge in [0.15, 0.2) is 0 Å². The molecule has 1 heterocycles. The van der Waals surface area contributed by atoms with Gasteiger partial charge in [0.05, 0.1) is 13.7 Å². The minimum atomic E-state index is -0.886. The number of carbonyl (C=O) groups is 2. The van der Waals surface area contributed by atoms with Crippen LogP contribution in [0.15, 0.2) is 30.3 Å². The number of urea groups is 1. The summed E-state index contributed by atoms with van der Waals surface area (Å²) in [6.07, 6.45) is 4.21. The summed E-state index contributed by atoms with van der Waals surface area (Å²) < 4.78 is 5.35. The van der Waals surface area contributed by atoms with E-state index in [0.29, 0.717) is 25.1 Å². The molecule has 2 aromatic rings. The predicted molar refractivity (Wildman–Crippen MR) is 145 cm³/mol. The molecule has 1 aliphatic heterocycles. The lowest BCUT2D eigenvalue weighted by Gasteiger charge is -2.47. The molecule has 8 heteroatoms. The molecule has 2 aliphatic rings. The van der Waals surface area contributed by atoms with Crippen LogP contribution < -0.4 is 20.7 Å². The zero-order valence-corrected chi connectivity index (χ0v) is 22.2. The first-order valence-electron chi connectivity index (χ1n) is 12.8. The van der Waals surface area contributed by atoms with E-state index < -0.39 is 5.54 Å². The van der Waals surface area contributed by atoms with Crippen LogP contribution in [0.4, 0.5) is 21.9 Å². The van der Waals surface area contributed by atoms with Crippen LogP contribution in [-0.2, 0) is 11.3 Å². The number of aryl methyl sites for hydroxylation is 2. The molecule has 0 radical (unpaired) electrons. The minimum absolute atomic E-state index is 0.120. The van der Waals surface area contributed by atoms with Gasteiger partial charge in [0.25, 0.3) is 0 Å². The van der Waals surface area contributed by atoms with Crippen molar-refractivity contribution < 1.29 is 14.3 Å². The van der Waals surface area contributed by atoms with Crippen LogP contribution in [0.5, 0.6) is 5.75 Å². The Morgan fingerprint density at radius 3 is 2.47 bits per heavy atom. The Hall–Kier alpha value is -3.26. The summed E-state index contributed by atoms with van der Waals surface area (Å²) in [6.45, 7) is 6.17. The Morgan fingerprint density at radius 1 is 1.08 bits per heavy atom. The number of hydrogen-bond donors (Lipinski definition) is 3. The molecular weight excluding hydrogens is 454 g/mol. The number of anilines is 3. The van der Waals surface area contributed by atoms with Crippen molar-refractivity contribution in [3.63, 3.8) is 0 Å². The lowest BCUT2D eigenvalue weighted by molar-refractivity contribution is -0.128. The standard InChI is InChI=1S/C28H39N5O3/c1-19-15-22(29-13-14-32(3)4)17-24-23(19)18-33(27(35)31-24)28(11-7-6-8-12-28)26(34)30-21-9-10-25(36-5)20(2)16-21/h9-10,15-17,29H,6-8,11-14,18H2,1-5H3,(H,30,34)(H,31,35). The Labute approximate surface area is 214 Å². The SMILES string of the molecule is COc1ccc(NC(=O)C2(N3Cc4c(C)cc(NCCN(C)C)cc4NC3=O)CCCCC2)cc1C. The fourth-order valence-electron chi connectivity index (χ4n) is 5.38. The van der Waals surface area contributed by atoms with E-state index >= 15 is 0 Å². The molecule has 36 heavy (non-hydrogen) atoms. The Morgan fingerprint density at radius 2 is 1.81 bits per heavy atom. The molecule has 194 valence electrons. The fourth-order valence-corrected chi connectivity index (χ4v) is 5.38. The summed E-state index contributed by atoms with van der Waals surface area (Å²) in [7, 11) is 5.72. The summed E-state index contributed by atoms with van der Waals surface area (Å²) >= 11 is 0. The van der Waals surface area contributed by atoms with Gasteiger partial charge in [-0.2, -0.15) is 0 Å². The van der Waals surface area contributed by atoms with Crippen LogP contribution in [0.25, 0.3) is 0 Å². The van der Waals surface area contributed by atoms with Gasteiger partial charge in [0.2, 0.25) is 5.91 Å². The van der Waals surface area contributed by atoms with E-state index in [1.54, 1.807) is 12.0 Å². The Balaban J connectivity index is 1.59. The number of ether oxygens (including phenoxy) is 1. The second kappa shape index (κ2) is 10.8. The van der Waals surface area contributed by atoms with Gasteiger partial charge in [-0.3, -0.25) is 4.79 Å².